The van der Waals surface area contributed by atoms with Gasteiger partial charge in [0.1, 0.15) is 5.82 Å². The van der Waals surface area contributed by atoms with Gasteiger partial charge in [-0.05, 0) is 31.1 Å². The van der Waals surface area contributed by atoms with Crippen LogP contribution in [0.1, 0.15) is 29.8 Å². The molecule has 0 spiro atoms. The zero-order valence-corrected chi connectivity index (χ0v) is 10.2. The highest BCUT2D eigenvalue weighted by molar-refractivity contribution is 5.88. The number of rotatable bonds is 6. The summed E-state index contributed by atoms with van der Waals surface area (Å²) in [5.41, 5.74) is 0.221. The van der Waals surface area contributed by atoms with Crippen LogP contribution < -0.4 is 0 Å². The lowest BCUT2D eigenvalue weighted by atomic mass is 10.1. The highest BCUT2D eigenvalue weighted by atomic mass is 19.1. The van der Waals surface area contributed by atoms with Crippen molar-refractivity contribution in [3.05, 3.63) is 35.1 Å². The molecule has 4 heteroatoms. The van der Waals surface area contributed by atoms with Crippen LogP contribution in [0.15, 0.2) is 18.2 Å². The van der Waals surface area contributed by atoms with Crippen molar-refractivity contribution in [2.24, 2.45) is 0 Å². The molecule has 0 bridgehead atoms. The first-order valence-corrected chi connectivity index (χ1v) is 5.83. The number of carbonyl (C=O) groups is 1. The molecular formula is C13H18FNO2. The number of carboxylic acids is 1. The van der Waals surface area contributed by atoms with Gasteiger partial charge in [0.05, 0.1) is 5.56 Å². The predicted molar refractivity (Wildman–Crippen MR) is 64.9 cm³/mol. The van der Waals surface area contributed by atoms with E-state index < -0.39 is 11.8 Å². The largest absolute Gasteiger partial charge is 0.478 e. The highest BCUT2D eigenvalue weighted by Gasteiger charge is 2.13. The molecule has 0 radical (unpaired) electrons. The molecule has 1 aromatic rings. The van der Waals surface area contributed by atoms with Gasteiger partial charge < -0.3 is 10.0 Å². The molecule has 3 nitrogen and oxygen atoms in total. The van der Waals surface area contributed by atoms with E-state index in [1.165, 1.54) is 6.07 Å². The summed E-state index contributed by atoms with van der Waals surface area (Å²) in [6.45, 7) is 6.67. The molecule has 1 N–H and O–H groups in total. The zero-order valence-electron chi connectivity index (χ0n) is 10.2. The standard InChI is InChI=1S/C13H18FNO2/c1-3-15(4-2)9-8-10-6-5-7-11(12(10)14)13(16)17/h5-7H,3-4,8-9H2,1-2H3,(H,16,17). The van der Waals surface area contributed by atoms with Crippen molar-refractivity contribution in [3.63, 3.8) is 0 Å². The van der Waals surface area contributed by atoms with Gasteiger partial charge >= 0.3 is 5.97 Å². The Morgan fingerprint density at radius 1 is 1.35 bits per heavy atom. The topological polar surface area (TPSA) is 40.5 Å². The first kappa shape index (κ1) is 13.6. The van der Waals surface area contributed by atoms with Crippen molar-refractivity contribution in [2.45, 2.75) is 20.3 Å². The maximum absolute atomic E-state index is 13.8. The fraction of sp³-hybridized carbons (Fsp3) is 0.462. The van der Waals surface area contributed by atoms with Crippen molar-refractivity contribution in [3.8, 4) is 0 Å². The SMILES string of the molecule is CCN(CC)CCc1cccc(C(=O)O)c1F. The first-order chi connectivity index (χ1) is 8.10. The molecule has 0 atom stereocenters. The molecule has 0 aliphatic rings. The van der Waals surface area contributed by atoms with E-state index in [0.29, 0.717) is 12.0 Å². The molecule has 0 unspecified atom stereocenters. The van der Waals surface area contributed by atoms with E-state index in [0.717, 1.165) is 19.6 Å². The second-order valence-corrected chi connectivity index (χ2v) is 3.86. The van der Waals surface area contributed by atoms with E-state index in [4.69, 9.17) is 5.11 Å². The lowest BCUT2D eigenvalue weighted by molar-refractivity contribution is 0.0691. The number of hydrogen-bond donors (Lipinski definition) is 1. The monoisotopic (exact) mass is 239 g/mol. The van der Waals surface area contributed by atoms with Crippen LogP contribution in [0.2, 0.25) is 0 Å². The zero-order chi connectivity index (χ0) is 12.8. The Morgan fingerprint density at radius 2 is 2.00 bits per heavy atom. The van der Waals surface area contributed by atoms with Crippen LogP contribution in [-0.2, 0) is 6.42 Å². The summed E-state index contributed by atoms with van der Waals surface area (Å²) in [7, 11) is 0. The van der Waals surface area contributed by atoms with E-state index in [-0.39, 0.29) is 5.56 Å². The van der Waals surface area contributed by atoms with Crippen LogP contribution in [0.25, 0.3) is 0 Å². The van der Waals surface area contributed by atoms with Crippen LogP contribution >= 0.6 is 0 Å². The summed E-state index contributed by atoms with van der Waals surface area (Å²) < 4.78 is 13.8. The normalized spacial score (nSPS) is 10.8. The number of benzene rings is 1. The number of nitrogens with zero attached hydrogens (tertiary/aromatic N) is 1. The quantitative estimate of drug-likeness (QED) is 0.828. The second-order valence-electron chi connectivity index (χ2n) is 3.86. The number of likely N-dealkylation sites (N-methyl/N-ethyl adjacent to an activating group) is 1. The van der Waals surface area contributed by atoms with Gasteiger partial charge in [-0.1, -0.05) is 26.0 Å². The van der Waals surface area contributed by atoms with Gasteiger partial charge in [-0.2, -0.15) is 0 Å². The summed E-state index contributed by atoms with van der Waals surface area (Å²) in [4.78, 5) is 12.9. The van der Waals surface area contributed by atoms with Crippen LogP contribution in [-0.4, -0.2) is 35.6 Å². The molecule has 0 amide bonds. The van der Waals surface area contributed by atoms with Gasteiger partial charge in [0.15, 0.2) is 0 Å². The third-order valence-electron chi connectivity index (χ3n) is 2.90. The summed E-state index contributed by atoms with van der Waals surface area (Å²) in [6.07, 6.45) is 0.536. The van der Waals surface area contributed by atoms with Crippen molar-refractivity contribution in [2.75, 3.05) is 19.6 Å². The molecule has 17 heavy (non-hydrogen) atoms. The maximum Gasteiger partial charge on any atom is 0.338 e. The second kappa shape index (κ2) is 6.35. The molecule has 1 aromatic carbocycles. The average molecular weight is 239 g/mol. The number of hydrogen-bond acceptors (Lipinski definition) is 2. The maximum atomic E-state index is 13.8. The minimum atomic E-state index is -1.22. The van der Waals surface area contributed by atoms with Gasteiger partial charge in [-0.15, -0.1) is 0 Å². The number of carboxylic acid groups (broad SMARTS) is 1. The van der Waals surface area contributed by atoms with Crippen LogP contribution in [0, 0.1) is 5.82 Å². The molecule has 0 saturated carbocycles. The van der Waals surface area contributed by atoms with E-state index in [9.17, 15) is 9.18 Å². The van der Waals surface area contributed by atoms with Crippen LogP contribution in [0.4, 0.5) is 4.39 Å². The molecule has 1 rings (SSSR count). The molecule has 0 saturated heterocycles. The van der Waals surface area contributed by atoms with Gasteiger partial charge in [-0.25, -0.2) is 9.18 Å². The Kier molecular flexibility index (Phi) is 5.10. The summed E-state index contributed by atoms with van der Waals surface area (Å²) >= 11 is 0. The van der Waals surface area contributed by atoms with Crippen LogP contribution in [0.3, 0.4) is 0 Å². The van der Waals surface area contributed by atoms with E-state index in [2.05, 4.69) is 4.90 Å². The summed E-state index contributed by atoms with van der Waals surface area (Å²) in [5.74, 6) is -1.82. The van der Waals surface area contributed by atoms with Crippen LogP contribution in [0.5, 0.6) is 0 Å². The van der Waals surface area contributed by atoms with Gasteiger partial charge in [0, 0.05) is 6.54 Å². The Labute approximate surface area is 101 Å². The Balaban J connectivity index is 2.78. The fourth-order valence-electron chi connectivity index (χ4n) is 1.76. The Hall–Kier alpha value is -1.42. The Morgan fingerprint density at radius 3 is 2.53 bits per heavy atom. The molecular weight excluding hydrogens is 221 g/mol. The predicted octanol–water partition coefficient (Wildman–Crippen LogP) is 2.41. The van der Waals surface area contributed by atoms with Crippen molar-refractivity contribution >= 4 is 5.97 Å². The molecule has 94 valence electrons. The smallest absolute Gasteiger partial charge is 0.338 e. The summed E-state index contributed by atoms with van der Waals surface area (Å²) in [6, 6.07) is 4.52. The van der Waals surface area contributed by atoms with Crippen molar-refractivity contribution < 1.29 is 14.3 Å². The molecule has 0 aliphatic heterocycles. The first-order valence-electron chi connectivity index (χ1n) is 5.83. The molecule has 0 aliphatic carbocycles. The van der Waals surface area contributed by atoms with E-state index in [1.807, 2.05) is 13.8 Å². The number of aromatic carboxylic acids is 1. The lowest BCUT2D eigenvalue weighted by Gasteiger charge is -2.18. The third-order valence-corrected chi connectivity index (χ3v) is 2.90. The molecule has 0 heterocycles. The van der Waals surface area contributed by atoms with Crippen molar-refractivity contribution in [1.29, 1.82) is 0 Å². The molecule has 0 fully saturated rings. The minimum absolute atomic E-state index is 0.248. The highest BCUT2D eigenvalue weighted by Crippen LogP contribution is 2.14. The minimum Gasteiger partial charge on any atom is -0.478 e. The molecule has 0 aromatic heterocycles. The van der Waals surface area contributed by atoms with Gasteiger partial charge in [0.25, 0.3) is 0 Å². The fourth-order valence-corrected chi connectivity index (χ4v) is 1.76. The van der Waals surface area contributed by atoms with Gasteiger partial charge in [-0.3, -0.25) is 0 Å². The lowest BCUT2D eigenvalue weighted by Crippen LogP contribution is -2.25. The van der Waals surface area contributed by atoms with E-state index >= 15 is 0 Å². The van der Waals surface area contributed by atoms with Gasteiger partial charge in [0.2, 0.25) is 0 Å². The number of halogens is 1. The van der Waals surface area contributed by atoms with E-state index in [1.54, 1.807) is 12.1 Å². The van der Waals surface area contributed by atoms with Crippen molar-refractivity contribution in [1.82, 2.24) is 4.90 Å². The average Bonchev–Trinajstić information content (AvgIpc) is 2.32. The summed E-state index contributed by atoms with van der Waals surface area (Å²) in [5, 5.41) is 8.81. The third kappa shape index (κ3) is 3.53. The Bertz CT molecular complexity index is 389.